The number of ketones is 5. The maximum atomic E-state index is 14.5. The minimum atomic E-state index is -2.61. The molecule has 0 bridgehead atoms. The second kappa shape index (κ2) is 17.8. The minimum Gasteiger partial charge on any atom is -0.507 e. The smallest absolute Gasteiger partial charge is 0.230 e. The molecule has 16 atom stereocenters. The predicted molar refractivity (Wildman–Crippen MR) is 251 cm³/mol. The molecule has 2 aromatic carbocycles. The third-order valence-electron chi connectivity index (χ3n) is 17.8. The molecule has 0 heterocycles. The van der Waals surface area contributed by atoms with Gasteiger partial charge in [0.1, 0.15) is 41.3 Å². The molecule has 0 spiro atoms. The second-order valence-electron chi connectivity index (χ2n) is 22.5. The summed E-state index contributed by atoms with van der Waals surface area (Å²) in [6.45, 7) is 11.7. The Morgan fingerprint density at radius 1 is 0.757 bits per heavy atom. The van der Waals surface area contributed by atoms with Gasteiger partial charge < -0.3 is 46.6 Å². The monoisotopic (exact) mass is 963 g/mol. The lowest BCUT2D eigenvalue weighted by Gasteiger charge is -2.66. The minimum absolute atomic E-state index is 0.0117. The third-order valence-corrected chi connectivity index (χ3v) is 17.8. The van der Waals surface area contributed by atoms with Crippen LogP contribution >= 0.6 is 0 Å². The SMILES string of the molecule is CC(=O)C1C(=O)[C@@]2(O)[C@H](C[C@H]3Cc4c(C#CCCCCC#Cc5ccc(O)c6c5C[C@]5(C)C[C@]7(C)[C@@H](C(C)C)C(O)C(C(N)=O)C(=O)[C@]7(O)C(O)[C@H]5C6=O)ccc(O)c4C(=O)C3[C@@H]2O)[C@@H](C(C)C)C1O. The van der Waals surface area contributed by atoms with E-state index in [0.717, 1.165) is 6.92 Å². The summed E-state index contributed by atoms with van der Waals surface area (Å²) in [7, 11) is 0. The van der Waals surface area contributed by atoms with Crippen molar-refractivity contribution in [3.63, 3.8) is 0 Å². The third kappa shape index (κ3) is 7.24. The fourth-order valence-electron chi connectivity index (χ4n) is 15.0. The Balaban J connectivity index is 0.979. The molecule has 70 heavy (non-hydrogen) atoms. The average Bonchev–Trinajstić information content (AvgIpc) is 3.25. The molecular formula is C55H65NO14. The number of carbonyl (C=O) groups excluding carboxylic acids is 6. The van der Waals surface area contributed by atoms with E-state index in [1.165, 1.54) is 12.1 Å². The lowest BCUT2D eigenvalue weighted by Crippen LogP contribution is -2.79. The van der Waals surface area contributed by atoms with E-state index in [-0.39, 0.29) is 60.1 Å². The summed E-state index contributed by atoms with van der Waals surface area (Å²) in [6.07, 6.45) is -4.12. The fourth-order valence-corrected chi connectivity index (χ4v) is 15.0. The van der Waals surface area contributed by atoms with Gasteiger partial charge in [0.2, 0.25) is 5.91 Å². The van der Waals surface area contributed by atoms with E-state index in [9.17, 15) is 69.6 Å². The van der Waals surface area contributed by atoms with Crippen LogP contribution in [0.1, 0.15) is 130 Å². The molecule has 0 saturated heterocycles. The molecule has 4 fully saturated rings. The molecule has 6 aliphatic rings. The van der Waals surface area contributed by atoms with Crippen LogP contribution in [0.25, 0.3) is 0 Å². The number of fused-ring (bicyclic) bond motifs is 6. The molecule has 10 N–H and O–H groups in total. The first-order valence-electron chi connectivity index (χ1n) is 24.5. The van der Waals surface area contributed by atoms with Gasteiger partial charge in [0.25, 0.3) is 0 Å². The molecule has 0 radical (unpaired) electrons. The van der Waals surface area contributed by atoms with Crippen molar-refractivity contribution in [2.45, 2.75) is 135 Å². The lowest BCUT2D eigenvalue weighted by atomic mass is 9.39. The van der Waals surface area contributed by atoms with E-state index in [4.69, 9.17) is 5.73 Å². The van der Waals surface area contributed by atoms with Gasteiger partial charge in [-0.15, -0.1) is 0 Å². The Hall–Kier alpha value is -5.26. The molecule has 4 saturated carbocycles. The number of Topliss-reactive ketones (excluding diaryl/α,β-unsaturated/α-hetero) is 5. The van der Waals surface area contributed by atoms with Crippen LogP contribution in [0.5, 0.6) is 11.5 Å². The van der Waals surface area contributed by atoms with Crippen LogP contribution in [-0.2, 0) is 32.0 Å². The van der Waals surface area contributed by atoms with Crippen LogP contribution in [-0.4, -0.2) is 111 Å². The number of hydrogen-bond donors (Lipinski definition) is 9. The molecule has 8 rings (SSSR count). The zero-order valence-corrected chi connectivity index (χ0v) is 40.7. The fraction of sp³-hybridized carbons (Fsp3) is 0.600. The van der Waals surface area contributed by atoms with Gasteiger partial charge in [-0.3, -0.25) is 28.8 Å². The maximum absolute atomic E-state index is 14.5. The molecule has 6 unspecified atom stereocenters. The van der Waals surface area contributed by atoms with Crippen molar-refractivity contribution in [1.29, 1.82) is 0 Å². The number of aromatic hydroxyl groups is 2. The number of phenols is 2. The van der Waals surface area contributed by atoms with Crippen LogP contribution in [0.4, 0.5) is 0 Å². The standard InChI is InChI=1S/C55H65NO14/c1-24(2)35-32-21-29-20-30-27(16-18-33(58)38(30)44(61)37(29)48(65)54(32,69)47(64)36(26(5)57)43(35)60)14-12-10-8-9-11-13-15-28-17-19-34(59)39-31(28)22-52(6)23-53(7)41(25(3)4)46(63)40(51(56)68)49(66)55(53,70)50(67)42(52)45(39)62/h16-19,24-25,29,32,35-37,40-43,46,48,50,58-60,63,65,67,69-70H,8-11,20-23H2,1-7H3,(H2,56,68)/t29-,32-,35-,36?,37?,40?,41+,42-,43?,46?,48+,50?,52-,53-,54+,55+/m1/s1. The summed E-state index contributed by atoms with van der Waals surface area (Å²) in [4.78, 5) is 81.5. The number of nitrogens with two attached hydrogens (primary N) is 1. The van der Waals surface area contributed by atoms with Gasteiger partial charge in [0.05, 0.1) is 35.2 Å². The average molecular weight is 964 g/mol. The number of benzene rings is 2. The van der Waals surface area contributed by atoms with Crippen molar-refractivity contribution < 1.29 is 69.6 Å². The number of unbranched alkanes of at least 4 members (excludes halogenated alkanes) is 3. The number of hydrogen-bond acceptors (Lipinski definition) is 14. The van der Waals surface area contributed by atoms with Gasteiger partial charge in [0, 0.05) is 35.3 Å². The summed E-state index contributed by atoms with van der Waals surface area (Å²) >= 11 is 0. The van der Waals surface area contributed by atoms with Crippen molar-refractivity contribution in [2.75, 3.05) is 0 Å². The van der Waals surface area contributed by atoms with E-state index in [1.54, 1.807) is 39.8 Å². The number of primary amides is 1. The number of rotatable bonds is 7. The summed E-state index contributed by atoms with van der Waals surface area (Å²) in [5.74, 6) is -2.88. The van der Waals surface area contributed by atoms with Gasteiger partial charge in [-0.2, -0.15) is 0 Å². The van der Waals surface area contributed by atoms with Crippen LogP contribution < -0.4 is 5.73 Å². The zero-order chi connectivity index (χ0) is 51.5. The number of amides is 1. The number of carbonyl (C=O) groups is 6. The van der Waals surface area contributed by atoms with Crippen LogP contribution in [0.3, 0.4) is 0 Å². The number of aliphatic hydroxyl groups is 6. The number of phenolic OH excluding ortho intramolecular Hbond substituents is 2. The highest BCUT2D eigenvalue weighted by molar-refractivity contribution is 6.10. The first-order chi connectivity index (χ1) is 32.7. The summed E-state index contributed by atoms with van der Waals surface area (Å²) in [5.41, 5.74) is -0.174. The Morgan fingerprint density at radius 3 is 1.84 bits per heavy atom. The van der Waals surface area contributed by atoms with E-state index < -0.39 is 129 Å². The van der Waals surface area contributed by atoms with Crippen LogP contribution in [0.2, 0.25) is 0 Å². The molecule has 15 heteroatoms. The largest absolute Gasteiger partial charge is 0.507 e. The van der Waals surface area contributed by atoms with Gasteiger partial charge in [0.15, 0.2) is 34.3 Å². The normalized spacial score (nSPS) is 38.4. The zero-order valence-electron chi connectivity index (χ0n) is 40.7. The van der Waals surface area contributed by atoms with Gasteiger partial charge in [-0.05, 0) is 116 Å². The quantitative estimate of drug-likeness (QED) is 0.110. The lowest BCUT2D eigenvalue weighted by molar-refractivity contribution is -0.265. The Morgan fingerprint density at radius 2 is 1.31 bits per heavy atom. The maximum Gasteiger partial charge on any atom is 0.230 e. The highest BCUT2D eigenvalue weighted by atomic mass is 16.4. The summed E-state index contributed by atoms with van der Waals surface area (Å²) < 4.78 is 0. The van der Waals surface area contributed by atoms with Crippen molar-refractivity contribution in [3.8, 4) is 35.2 Å². The van der Waals surface area contributed by atoms with Gasteiger partial charge >= 0.3 is 0 Å². The first kappa shape index (κ1) is 51.1. The van der Waals surface area contributed by atoms with Crippen LogP contribution in [0, 0.1) is 93.7 Å². The molecule has 0 aromatic heterocycles. The molecular weight excluding hydrogens is 899 g/mol. The summed E-state index contributed by atoms with van der Waals surface area (Å²) in [6, 6.07) is 5.93. The Labute approximate surface area is 407 Å². The van der Waals surface area contributed by atoms with Crippen LogP contribution in [0.15, 0.2) is 24.3 Å². The van der Waals surface area contributed by atoms with Crippen molar-refractivity contribution >= 4 is 34.8 Å². The topological polar surface area (TPSA) is 290 Å². The van der Waals surface area contributed by atoms with Gasteiger partial charge in [-0.25, -0.2) is 0 Å². The molecule has 1 amide bonds. The van der Waals surface area contributed by atoms with E-state index in [0.29, 0.717) is 47.9 Å². The van der Waals surface area contributed by atoms with Crippen molar-refractivity contribution in [1.82, 2.24) is 0 Å². The highest BCUT2D eigenvalue weighted by Crippen LogP contribution is 2.66. The summed E-state index contributed by atoms with van der Waals surface area (Å²) in [5, 5.41) is 93.0. The number of aliphatic hydroxyl groups excluding tert-OH is 4. The molecule has 374 valence electrons. The van der Waals surface area contributed by atoms with Crippen molar-refractivity contribution in [3.05, 3.63) is 57.6 Å². The second-order valence-corrected chi connectivity index (χ2v) is 22.5. The Kier molecular flexibility index (Phi) is 13.0. The molecule has 0 aliphatic heterocycles. The predicted octanol–water partition coefficient (Wildman–Crippen LogP) is 2.75. The molecule has 2 aromatic rings. The molecule has 15 nitrogen and oxygen atoms in total. The highest BCUT2D eigenvalue weighted by Gasteiger charge is 2.76. The first-order valence-corrected chi connectivity index (χ1v) is 24.5. The van der Waals surface area contributed by atoms with E-state index in [2.05, 4.69) is 23.7 Å². The van der Waals surface area contributed by atoms with Crippen molar-refractivity contribution in [2.24, 2.45) is 75.7 Å². The van der Waals surface area contributed by atoms with E-state index in [1.807, 2.05) is 13.8 Å². The van der Waals surface area contributed by atoms with Gasteiger partial charge in [-0.1, -0.05) is 65.2 Å². The Bertz CT molecular complexity index is 2720. The van der Waals surface area contributed by atoms with E-state index >= 15 is 0 Å². The molecule has 6 aliphatic carbocycles.